The molecule has 1 N–H and O–H groups in total. The molecule has 0 aliphatic rings. The van der Waals surface area contributed by atoms with E-state index in [-0.39, 0.29) is 22.6 Å². The predicted molar refractivity (Wildman–Crippen MR) is 137 cm³/mol. The standard InChI is InChI=1S/C26H16F3N5OS2/c27-18-7-1-15(2-8-18)21-13-36-25(30-21)31-22(35)14-37-26-32-23(16-3-9-19(28)10-4-16)24(33-34-26)17-5-11-20(29)12-6-17/h1-13H,14H2,(H,30,31,35). The zero-order chi connectivity index (χ0) is 25.8. The van der Waals surface area contributed by atoms with E-state index in [0.717, 1.165) is 17.3 Å². The smallest absolute Gasteiger partial charge is 0.236 e. The second-order valence-corrected chi connectivity index (χ2v) is 9.49. The number of amides is 1. The van der Waals surface area contributed by atoms with E-state index in [1.165, 1.54) is 47.7 Å². The number of nitrogens with one attached hydrogen (secondary N) is 1. The molecule has 1 amide bonds. The minimum Gasteiger partial charge on any atom is -0.301 e. The number of aromatic nitrogens is 4. The van der Waals surface area contributed by atoms with Crippen LogP contribution in [-0.4, -0.2) is 31.8 Å². The molecule has 3 aromatic carbocycles. The van der Waals surface area contributed by atoms with Crippen LogP contribution in [0.15, 0.2) is 83.3 Å². The molecule has 0 unspecified atom stereocenters. The highest BCUT2D eigenvalue weighted by atomic mass is 32.2. The second-order valence-electron chi connectivity index (χ2n) is 7.69. The SMILES string of the molecule is O=C(CSc1nnc(-c2ccc(F)cc2)c(-c2ccc(F)cc2)n1)Nc1nc(-c2ccc(F)cc2)cs1. The van der Waals surface area contributed by atoms with Crippen molar-refractivity contribution in [2.24, 2.45) is 0 Å². The Morgan fingerprint density at radius 3 is 1.86 bits per heavy atom. The summed E-state index contributed by atoms with van der Waals surface area (Å²) in [5.74, 6) is -1.46. The highest BCUT2D eigenvalue weighted by Crippen LogP contribution is 2.30. The van der Waals surface area contributed by atoms with Crippen LogP contribution in [0.4, 0.5) is 18.3 Å². The van der Waals surface area contributed by atoms with Gasteiger partial charge >= 0.3 is 0 Å². The Bertz CT molecular complexity index is 1540. The lowest BCUT2D eigenvalue weighted by Gasteiger charge is -2.09. The molecule has 5 rings (SSSR count). The van der Waals surface area contributed by atoms with Gasteiger partial charge in [0.15, 0.2) is 5.13 Å². The Morgan fingerprint density at radius 2 is 1.27 bits per heavy atom. The summed E-state index contributed by atoms with van der Waals surface area (Å²) in [6.45, 7) is 0. The molecule has 0 aliphatic heterocycles. The second kappa shape index (κ2) is 10.9. The molecular weight excluding hydrogens is 519 g/mol. The summed E-state index contributed by atoms with van der Waals surface area (Å²) in [6, 6.07) is 17.4. The molecular formula is C26H16F3N5OS2. The van der Waals surface area contributed by atoms with Crippen molar-refractivity contribution in [3.63, 3.8) is 0 Å². The molecule has 2 aromatic heterocycles. The quantitative estimate of drug-likeness (QED) is 0.240. The molecule has 0 radical (unpaired) electrons. The van der Waals surface area contributed by atoms with Crippen molar-refractivity contribution in [1.82, 2.24) is 20.2 Å². The van der Waals surface area contributed by atoms with Crippen molar-refractivity contribution in [2.75, 3.05) is 11.1 Å². The number of carbonyl (C=O) groups is 1. The average Bonchev–Trinajstić information content (AvgIpc) is 3.37. The molecule has 0 saturated carbocycles. The fourth-order valence-corrected chi connectivity index (χ4v) is 4.68. The third-order valence-corrected chi connectivity index (χ3v) is 6.72. The first-order valence-corrected chi connectivity index (χ1v) is 12.7. The Kier molecular flexibility index (Phi) is 7.24. The topological polar surface area (TPSA) is 80.7 Å². The normalized spacial score (nSPS) is 10.9. The molecule has 5 aromatic rings. The van der Waals surface area contributed by atoms with E-state index in [1.807, 2.05) is 0 Å². The van der Waals surface area contributed by atoms with Crippen LogP contribution < -0.4 is 5.32 Å². The van der Waals surface area contributed by atoms with Crippen LogP contribution in [0.25, 0.3) is 33.8 Å². The van der Waals surface area contributed by atoms with E-state index >= 15 is 0 Å². The van der Waals surface area contributed by atoms with E-state index in [2.05, 4.69) is 25.5 Å². The van der Waals surface area contributed by atoms with Crippen LogP contribution in [0.2, 0.25) is 0 Å². The molecule has 0 aliphatic carbocycles. The monoisotopic (exact) mass is 535 g/mol. The van der Waals surface area contributed by atoms with Gasteiger partial charge in [0.25, 0.3) is 0 Å². The summed E-state index contributed by atoms with van der Waals surface area (Å²) < 4.78 is 40.1. The molecule has 184 valence electrons. The molecule has 0 fully saturated rings. The largest absolute Gasteiger partial charge is 0.301 e. The predicted octanol–water partition coefficient (Wildman–Crippen LogP) is 6.48. The number of thioether (sulfide) groups is 1. The zero-order valence-electron chi connectivity index (χ0n) is 18.9. The van der Waals surface area contributed by atoms with E-state index in [1.54, 1.807) is 41.8 Å². The van der Waals surface area contributed by atoms with Crippen molar-refractivity contribution in [3.05, 3.63) is 95.6 Å². The fraction of sp³-hybridized carbons (Fsp3) is 0.0385. The van der Waals surface area contributed by atoms with E-state index in [0.29, 0.717) is 33.3 Å². The summed E-state index contributed by atoms with van der Waals surface area (Å²) in [4.78, 5) is 21.4. The van der Waals surface area contributed by atoms with Gasteiger partial charge in [-0.2, -0.15) is 0 Å². The van der Waals surface area contributed by atoms with Gasteiger partial charge in [-0.15, -0.1) is 21.5 Å². The number of nitrogens with zero attached hydrogens (tertiary/aromatic N) is 4. The van der Waals surface area contributed by atoms with E-state index in [9.17, 15) is 18.0 Å². The van der Waals surface area contributed by atoms with Gasteiger partial charge in [-0.05, 0) is 72.8 Å². The molecule has 0 spiro atoms. The van der Waals surface area contributed by atoms with Gasteiger partial charge in [-0.1, -0.05) is 11.8 Å². The highest BCUT2D eigenvalue weighted by molar-refractivity contribution is 7.99. The van der Waals surface area contributed by atoms with Crippen molar-refractivity contribution in [2.45, 2.75) is 5.16 Å². The van der Waals surface area contributed by atoms with Gasteiger partial charge in [-0.3, -0.25) is 4.79 Å². The first-order valence-electron chi connectivity index (χ1n) is 10.9. The van der Waals surface area contributed by atoms with Crippen molar-refractivity contribution >= 4 is 34.1 Å². The zero-order valence-corrected chi connectivity index (χ0v) is 20.5. The van der Waals surface area contributed by atoms with Crippen LogP contribution in [0.5, 0.6) is 0 Å². The Hall–Kier alpha value is -4.09. The van der Waals surface area contributed by atoms with Crippen molar-refractivity contribution in [1.29, 1.82) is 0 Å². The molecule has 0 atom stereocenters. The van der Waals surface area contributed by atoms with Crippen molar-refractivity contribution in [3.8, 4) is 33.8 Å². The maximum atomic E-state index is 13.5. The van der Waals surface area contributed by atoms with Crippen molar-refractivity contribution < 1.29 is 18.0 Å². The third kappa shape index (κ3) is 6.01. The Balaban J connectivity index is 1.31. The average molecular weight is 536 g/mol. The van der Waals surface area contributed by atoms with Gasteiger partial charge < -0.3 is 5.32 Å². The lowest BCUT2D eigenvalue weighted by molar-refractivity contribution is -0.113. The van der Waals surface area contributed by atoms with Gasteiger partial charge in [0.05, 0.1) is 11.4 Å². The molecule has 11 heteroatoms. The molecule has 6 nitrogen and oxygen atoms in total. The summed E-state index contributed by atoms with van der Waals surface area (Å²) >= 11 is 2.33. The number of carbonyl (C=O) groups excluding carboxylic acids is 1. The highest BCUT2D eigenvalue weighted by Gasteiger charge is 2.16. The number of benzene rings is 3. The molecule has 0 saturated heterocycles. The Labute approximate surface area is 217 Å². The first kappa shape index (κ1) is 24.6. The number of rotatable bonds is 7. The maximum absolute atomic E-state index is 13.5. The van der Waals surface area contributed by atoms with Gasteiger partial charge in [-0.25, -0.2) is 23.1 Å². The summed E-state index contributed by atoms with van der Waals surface area (Å²) in [7, 11) is 0. The number of anilines is 1. The van der Waals surface area contributed by atoms with E-state index in [4.69, 9.17) is 0 Å². The van der Waals surface area contributed by atoms with Gasteiger partial charge in [0.2, 0.25) is 11.1 Å². The van der Waals surface area contributed by atoms with Gasteiger partial charge in [0.1, 0.15) is 28.8 Å². The number of halogens is 3. The van der Waals surface area contributed by atoms with Gasteiger partial charge in [0, 0.05) is 22.1 Å². The first-order chi connectivity index (χ1) is 17.9. The van der Waals surface area contributed by atoms with Crippen LogP contribution in [-0.2, 0) is 4.79 Å². The summed E-state index contributed by atoms with van der Waals surface area (Å²) in [6.07, 6.45) is 0. The van der Waals surface area contributed by atoms with E-state index < -0.39 is 11.6 Å². The minimum atomic E-state index is -0.398. The number of thiazole rings is 1. The Morgan fingerprint density at radius 1 is 0.730 bits per heavy atom. The minimum absolute atomic E-state index is 0.00804. The lowest BCUT2D eigenvalue weighted by atomic mass is 10.0. The summed E-state index contributed by atoms with van der Waals surface area (Å²) in [5.41, 5.74) is 3.38. The van der Waals surface area contributed by atoms with Crippen LogP contribution in [0.3, 0.4) is 0 Å². The van der Waals surface area contributed by atoms with Crippen LogP contribution in [0, 0.1) is 17.5 Å². The lowest BCUT2D eigenvalue weighted by Crippen LogP contribution is -2.14. The number of hydrogen-bond acceptors (Lipinski definition) is 7. The number of hydrogen-bond donors (Lipinski definition) is 1. The molecule has 2 heterocycles. The maximum Gasteiger partial charge on any atom is 0.236 e. The van der Waals surface area contributed by atoms with Crippen LogP contribution in [0.1, 0.15) is 0 Å². The van der Waals surface area contributed by atoms with Crippen LogP contribution >= 0.6 is 23.1 Å². The third-order valence-electron chi connectivity index (χ3n) is 5.13. The molecule has 37 heavy (non-hydrogen) atoms. The summed E-state index contributed by atoms with van der Waals surface area (Å²) in [5, 5.41) is 13.5. The molecule has 0 bridgehead atoms. The fourth-order valence-electron chi connectivity index (χ4n) is 3.35.